The van der Waals surface area contributed by atoms with Crippen LogP contribution in [0.4, 0.5) is 0 Å². The molecule has 0 bridgehead atoms. The minimum absolute atomic E-state index is 0.736. The third-order valence-electron chi connectivity index (χ3n) is 2.53. The Hall–Kier alpha value is -0.370. The smallest absolute Gasteiger partial charge is 0.0276 e. The molecule has 0 atom stereocenters. The van der Waals surface area contributed by atoms with Crippen LogP contribution in [-0.2, 0) is 0 Å². The first-order valence-corrected chi connectivity index (χ1v) is 5.81. The van der Waals surface area contributed by atoms with Gasteiger partial charge in [0.25, 0.3) is 0 Å². The minimum Gasteiger partial charge on any atom is -0.317 e. The summed E-state index contributed by atoms with van der Waals surface area (Å²) in [7, 11) is 3.86. The predicted molar refractivity (Wildman–Crippen MR) is 67.4 cm³/mol. The zero-order chi connectivity index (χ0) is 11.4. The van der Waals surface area contributed by atoms with Gasteiger partial charge < -0.3 is 5.32 Å². The van der Waals surface area contributed by atoms with E-state index >= 15 is 0 Å². The van der Waals surface area contributed by atoms with Gasteiger partial charge in [-0.15, -0.1) is 0 Å². The molecule has 0 radical (unpaired) electrons. The molecular formula is C12H28N2. The molecule has 0 spiro atoms. The van der Waals surface area contributed by atoms with E-state index in [9.17, 15) is 0 Å². The van der Waals surface area contributed by atoms with Gasteiger partial charge in [0, 0.05) is 18.8 Å². The fraction of sp³-hybridized carbons (Fsp3) is 0.917. The summed E-state index contributed by atoms with van der Waals surface area (Å²) in [6.07, 6.45) is 4.69. The molecule has 0 aliphatic heterocycles. The van der Waals surface area contributed by atoms with Crippen LogP contribution in [0.1, 0.15) is 53.4 Å². The first-order valence-electron chi connectivity index (χ1n) is 5.81. The largest absolute Gasteiger partial charge is 0.317 e. The van der Waals surface area contributed by atoms with Gasteiger partial charge in [-0.25, -0.2) is 0 Å². The zero-order valence-electron chi connectivity index (χ0n) is 10.9. The second-order valence-electron chi connectivity index (χ2n) is 3.30. The fourth-order valence-corrected chi connectivity index (χ4v) is 1.26. The number of rotatable bonds is 5. The van der Waals surface area contributed by atoms with E-state index in [0.29, 0.717) is 0 Å². The van der Waals surface area contributed by atoms with Gasteiger partial charge in [-0.1, -0.05) is 27.7 Å². The van der Waals surface area contributed by atoms with Crippen molar-refractivity contribution >= 4 is 5.71 Å². The van der Waals surface area contributed by atoms with Crippen molar-refractivity contribution in [1.29, 1.82) is 0 Å². The van der Waals surface area contributed by atoms with E-state index in [1.807, 2.05) is 14.1 Å². The highest BCUT2D eigenvalue weighted by Gasteiger charge is 1.94. The SMILES string of the molecule is CCC(CC)=NC.CCC(CC)NC. The average molecular weight is 200 g/mol. The lowest BCUT2D eigenvalue weighted by atomic mass is 10.2. The summed E-state index contributed by atoms with van der Waals surface area (Å²) in [4.78, 5) is 4.04. The summed E-state index contributed by atoms with van der Waals surface area (Å²) in [6.45, 7) is 8.66. The highest BCUT2D eigenvalue weighted by atomic mass is 14.9. The first-order chi connectivity index (χ1) is 6.69. The van der Waals surface area contributed by atoms with E-state index < -0.39 is 0 Å². The van der Waals surface area contributed by atoms with E-state index in [1.54, 1.807) is 0 Å². The quantitative estimate of drug-likeness (QED) is 0.677. The number of nitrogens with one attached hydrogen (secondary N) is 1. The Morgan fingerprint density at radius 1 is 1.07 bits per heavy atom. The van der Waals surface area contributed by atoms with Crippen molar-refractivity contribution in [2.45, 2.75) is 59.4 Å². The Labute approximate surface area is 90.2 Å². The van der Waals surface area contributed by atoms with E-state index in [2.05, 4.69) is 38.0 Å². The molecule has 0 aromatic heterocycles. The summed E-state index contributed by atoms with van der Waals surface area (Å²) in [5.41, 5.74) is 1.31. The maximum Gasteiger partial charge on any atom is 0.0276 e. The van der Waals surface area contributed by atoms with Crippen LogP contribution in [0.25, 0.3) is 0 Å². The summed E-state index contributed by atoms with van der Waals surface area (Å²) < 4.78 is 0. The number of hydrogen-bond acceptors (Lipinski definition) is 2. The van der Waals surface area contributed by atoms with Crippen LogP contribution in [0.5, 0.6) is 0 Å². The van der Waals surface area contributed by atoms with Gasteiger partial charge in [-0.05, 0) is 32.7 Å². The Balaban J connectivity index is 0. The van der Waals surface area contributed by atoms with E-state index in [1.165, 1.54) is 18.6 Å². The number of aliphatic imine (C=N–C) groups is 1. The van der Waals surface area contributed by atoms with Crippen LogP contribution in [0.3, 0.4) is 0 Å². The highest BCUT2D eigenvalue weighted by molar-refractivity contribution is 5.83. The van der Waals surface area contributed by atoms with Crippen molar-refractivity contribution in [2.24, 2.45) is 4.99 Å². The van der Waals surface area contributed by atoms with Crippen LogP contribution < -0.4 is 5.32 Å². The molecule has 0 saturated carbocycles. The molecule has 14 heavy (non-hydrogen) atoms. The van der Waals surface area contributed by atoms with Crippen LogP contribution in [0.2, 0.25) is 0 Å². The van der Waals surface area contributed by atoms with Crippen LogP contribution >= 0.6 is 0 Å². The summed E-state index contributed by atoms with van der Waals surface area (Å²) in [5, 5.41) is 3.20. The van der Waals surface area contributed by atoms with E-state index in [-0.39, 0.29) is 0 Å². The third-order valence-corrected chi connectivity index (χ3v) is 2.53. The number of nitrogens with zero attached hydrogens (tertiary/aromatic N) is 1. The molecule has 0 amide bonds. The molecule has 1 N–H and O–H groups in total. The molecule has 0 aliphatic carbocycles. The zero-order valence-corrected chi connectivity index (χ0v) is 10.9. The number of hydrogen-bond donors (Lipinski definition) is 1. The van der Waals surface area contributed by atoms with Crippen LogP contribution in [-0.4, -0.2) is 25.8 Å². The van der Waals surface area contributed by atoms with Crippen molar-refractivity contribution in [3.05, 3.63) is 0 Å². The maximum absolute atomic E-state index is 4.04. The Morgan fingerprint density at radius 2 is 1.50 bits per heavy atom. The highest BCUT2D eigenvalue weighted by Crippen LogP contribution is 1.92. The predicted octanol–water partition coefficient (Wildman–Crippen LogP) is 3.27. The summed E-state index contributed by atoms with van der Waals surface area (Å²) >= 11 is 0. The summed E-state index contributed by atoms with van der Waals surface area (Å²) in [6, 6.07) is 0.736. The van der Waals surface area contributed by atoms with Crippen molar-refractivity contribution < 1.29 is 0 Å². The molecule has 0 unspecified atom stereocenters. The first kappa shape index (κ1) is 16.1. The maximum atomic E-state index is 4.04. The third kappa shape index (κ3) is 9.72. The second kappa shape index (κ2) is 12.6. The van der Waals surface area contributed by atoms with Gasteiger partial charge in [0.15, 0.2) is 0 Å². The monoisotopic (exact) mass is 200 g/mol. The molecule has 2 heteroatoms. The van der Waals surface area contributed by atoms with Gasteiger partial charge in [0.05, 0.1) is 0 Å². The average Bonchev–Trinajstić information content (AvgIpc) is 2.24. The lowest BCUT2D eigenvalue weighted by molar-refractivity contribution is 0.531. The Morgan fingerprint density at radius 3 is 1.50 bits per heavy atom. The van der Waals surface area contributed by atoms with Gasteiger partial charge in [0.2, 0.25) is 0 Å². The lowest BCUT2D eigenvalue weighted by Crippen LogP contribution is -2.22. The van der Waals surface area contributed by atoms with Crippen LogP contribution in [0.15, 0.2) is 4.99 Å². The van der Waals surface area contributed by atoms with E-state index in [4.69, 9.17) is 0 Å². The van der Waals surface area contributed by atoms with Crippen molar-refractivity contribution in [3.63, 3.8) is 0 Å². The molecule has 0 rings (SSSR count). The summed E-state index contributed by atoms with van der Waals surface area (Å²) in [5.74, 6) is 0. The molecular weight excluding hydrogens is 172 g/mol. The standard InChI is InChI=1S/C6H15N.C6H13N/c2*1-4-6(5-2)7-3/h6-7H,4-5H2,1-3H3;4-5H2,1-3H3. The minimum atomic E-state index is 0.736. The topological polar surface area (TPSA) is 24.4 Å². The Kier molecular flexibility index (Phi) is 14.5. The lowest BCUT2D eigenvalue weighted by Gasteiger charge is -2.08. The normalized spacial score (nSPS) is 9.36. The molecule has 0 saturated heterocycles. The van der Waals surface area contributed by atoms with Gasteiger partial charge >= 0.3 is 0 Å². The molecule has 0 aromatic carbocycles. The second-order valence-corrected chi connectivity index (χ2v) is 3.30. The fourth-order valence-electron chi connectivity index (χ4n) is 1.26. The molecule has 0 fully saturated rings. The molecule has 0 aromatic rings. The van der Waals surface area contributed by atoms with Gasteiger partial charge in [-0.2, -0.15) is 0 Å². The molecule has 0 aliphatic rings. The molecule has 86 valence electrons. The molecule has 0 heterocycles. The van der Waals surface area contributed by atoms with Crippen molar-refractivity contribution in [3.8, 4) is 0 Å². The van der Waals surface area contributed by atoms with E-state index in [0.717, 1.165) is 18.9 Å². The Bertz CT molecular complexity index is 115. The van der Waals surface area contributed by atoms with Gasteiger partial charge in [-0.3, -0.25) is 4.99 Å². The van der Waals surface area contributed by atoms with Crippen LogP contribution in [0, 0.1) is 0 Å². The van der Waals surface area contributed by atoms with Gasteiger partial charge in [0.1, 0.15) is 0 Å². The van der Waals surface area contributed by atoms with Crippen molar-refractivity contribution in [2.75, 3.05) is 14.1 Å². The molecule has 2 nitrogen and oxygen atoms in total. The van der Waals surface area contributed by atoms with Crippen molar-refractivity contribution in [1.82, 2.24) is 5.32 Å².